The van der Waals surface area contributed by atoms with Crippen LogP contribution in [0.1, 0.15) is 26.3 Å². The smallest absolute Gasteiger partial charge is 0.338 e. The number of benzene rings is 3. The third-order valence-corrected chi connectivity index (χ3v) is 4.53. The predicted molar refractivity (Wildman–Crippen MR) is 103 cm³/mol. The second kappa shape index (κ2) is 6.53. The number of nitrogens with one attached hydrogen (secondary N) is 1. The molecule has 5 heteroatoms. The molecular formula is C22H15NO4. The summed E-state index contributed by atoms with van der Waals surface area (Å²) < 4.78 is 4.85. The van der Waals surface area contributed by atoms with E-state index in [1.54, 1.807) is 36.4 Å². The number of methoxy groups -OCH3 is 1. The lowest BCUT2D eigenvalue weighted by Crippen LogP contribution is -2.14. The Bertz CT molecular complexity index is 1260. The first-order valence-corrected chi connectivity index (χ1v) is 8.37. The Morgan fingerprint density at radius 3 is 2.30 bits per heavy atom. The molecule has 0 spiro atoms. The molecular weight excluding hydrogens is 342 g/mol. The summed E-state index contributed by atoms with van der Waals surface area (Å²) in [7, 11) is 1.25. The summed E-state index contributed by atoms with van der Waals surface area (Å²) in [5.74, 6) is -0.893. The molecule has 0 aliphatic rings. The van der Waals surface area contributed by atoms with Crippen molar-refractivity contribution in [1.82, 2.24) is 4.98 Å². The normalized spacial score (nSPS) is 10.9. The highest BCUT2D eigenvalue weighted by molar-refractivity contribution is 6.18. The van der Waals surface area contributed by atoms with E-state index in [0.717, 1.165) is 5.39 Å². The zero-order valence-corrected chi connectivity index (χ0v) is 14.5. The summed E-state index contributed by atoms with van der Waals surface area (Å²) in [6, 6.07) is 19.1. The summed E-state index contributed by atoms with van der Waals surface area (Å²) in [4.78, 5) is 40.7. The number of carbonyl (C=O) groups is 2. The average molecular weight is 357 g/mol. The summed E-state index contributed by atoms with van der Waals surface area (Å²) >= 11 is 0. The van der Waals surface area contributed by atoms with E-state index in [9.17, 15) is 14.4 Å². The third-order valence-electron chi connectivity index (χ3n) is 4.53. The van der Waals surface area contributed by atoms with Crippen LogP contribution in [0.3, 0.4) is 0 Å². The van der Waals surface area contributed by atoms with Crippen LogP contribution in [0.25, 0.3) is 21.7 Å². The van der Waals surface area contributed by atoms with Gasteiger partial charge in [0.1, 0.15) is 0 Å². The second-order valence-corrected chi connectivity index (χ2v) is 6.13. The fraction of sp³-hybridized carbons (Fsp3) is 0.0455. The van der Waals surface area contributed by atoms with Gasteiger partial charge in [-0.3, -0.25) is 9.59 Å². The number of hydrogen-bond donors (Lipinski definition) is 1. The molecule has 0 radical (unpaired) electrons. The number of esters is 1. The number of ketones is 1. The van der Waals surface area contributed by atoms with Gasteiger partial charge in [-0.15, -0.1) is 0 Å². The topological polar surface area (TPSA) is 76.2 Å². The zero-order chi connectivity index (χ0) is 19.0. The highest BCUT2D eigenvalue weighted by atomic mass is 16.5. The van der Waals surface area contributed by atoms with Crippen LogP contribution in [0, 0.1) is 0 Å². The number of rotatable bonds is 3. The van der Waals surface area contributed by atoms with Crippen LogP contribution in [0.2, 0.25) is 0 Å². The molecule has 0 atom stereocenters. The van der Waals surface area contributed by atoms with E-state index >= 15 is 0 Å². The number of aromatic amines is 1. The number of carbonyl (C=O) groups excluding carboxylic acids is 2. The Morgan fingerprint density at radius 1 is 0.852 bits per heavy atom. The largest absolute Gasteiger partial charge is 0.465 e. The van der Waals surface area contributed by atoms with Crippen molar-refractivity contribution in [3.8, 4) is 0 Å². The van der Waals surface area contributed by atoms with Crippen molar-refractivity contribution >= 4 is 33.4 Å². The van der Waals surface area contributed by atoms with Crippen LogP contribution in [0.15, 0.2) is 71.5 Å². The number of fused-ring (bicyclic) bond motifs is 3. The monoisotopic (exact) mass is 357 g/mol. The lowest BCUT2D eigenvalue weighted by Gasteiger charge is -2.10. The van der Waals surface area contributed by atoms with Crippen molar-refractivity contribution in [3.63, 3.8) is 0 Å². The molecule has 3 aromatic carbocycles. The van der Waals surface area contributed by atoms with Gasteiger partial charge in [0.15, 0.2) is 5.78 Å². The predicted octanol–water partition coefficient (Wildman–Crippen LogP) is 3.70. The fourth-order valence-corrected chi connectivity index (χ4v) is 3.27. The minimum absolute atomic E-state index is 0.0706. The van der Waals surface area contributed by atoms with Crippen molar-refractivity contribution in [2.75, 3.05) is 7.11 Å². The highest BCUT2D eigenvalue weighted by Gasteiger charge is 2.20. The van der Waals surface area contributed by atoms with E-state index in [0.29, 0.717) is 22.0 Å². The molecule has 1 heterocycles. The van der Waals surface area contributed by atoms with Gasteiger partial charge in [-0.2, -0.15) is 0 Å². The maximum atomic E-state index is 12.9. The molecule has 132 valence electrons. The minimum Gasteiger partial charge on any atom is -0.465 e. The highest BCUT2D eigenvalue weighted by Crippen LogP contribution is 2.27. The molecule has 4 aromatic rings. The van der Waals surface area contributed by atoms with E-state index in [2.05, 4.69) is 4.98 Å². The first-order valence-electron chi connectivity index (χ1n) is 8.37. The summed E-state index contributed by atoms with van der Waals surface area (Å²) in [6.45, 7) is 0. The van der Waals surface area contributed by atoms with Crippen LogP contribution in [-0.4, -0.2) is 23.8 Å². The van der Waals surface area contributed by atoms with Gasteiger partial charge >= 0.3 is 5.97 Å². The van der Waals surface area contributed by atoms with Gasteiger partial charge < -0.3 is 9.72 Å². The van der Waals surface area contributed by atoms with Crippen molar-refractivity contribution < 1.29 is 14.3 Å². The minimum atomic E-state index is -0.663. The van der Waals surface area contributed by atoms with E-state index in [4.69, 9.17) is 4.74 Å². The molecule has 27 heavy (non-hydrogen) atoms. The Morgan fingerprint density at radius 2 is 1.56 bits per heavy atom. The SMILES string of the molecule is COC(=O)c1cc(C(=O)c2ccccc2)cc2c1c(=O)[nH]c1ccccc12. The molecule has 0 saturated carbocycles. The van der Waals surface area contributed by atoms with Crippen molar-refractivity contribution in [2.24, 2.45) is 0 Å². The molecule has 0 saturated heterocycles. The summed E-state index contributed by atoms with van der Waals surface area (Å²) in [5, 5.41) is 1.50. The van der Waals surface area contributed by atoms with Crippen LogP contribution >= 0.6 is 0 Å². The number of ether oxygens (including phenoxy) is 1. The van der Waals surface area contributed by atoms with Gasteiger partial charge in [0.05, 0.1) is 18.1 Å². The molecule has 0 fully saturated rings. The quantitative estimate of drug-likeness (QED) is 0.345. The molecule has 5 nitrogen and oxygen atoms in total. The number of pyridine rings is 1. The zero-order valence-electron chi connectivity index (χ0n) is 14.5. The van der Waals surface area contributed by atoms with Gasteiger partial charge in [0, 0.05) is 22.0 Å². The van der Waals surface area contributed by atoms with Gasteiger partial charge in [-0.05, 0) is 23.6 Å². The summed E-state index contributed by atoms with van der Waals surface area (Å²) in [6.07, 6.45) is 0. The first kappa shape index (κ1) is 16.7. The lowest BCUT2D eigenvalue weighted by atomic mass is 9.95. The van der Waals surface area contributed by atoms with E-state index in [1.807, 2.05) is 24.3 Å². The Balaban J connectivity index is 2.10. The lowest BCUT2D eigenvalue weighted by molar-refractivity contribution is 0.0603. The molecule has 1 aromatic heterocycles. The van der Waals surface area contributed by atoms with Gasteiger partial charge in [-0.1, -0.05) is 48.5 Å². The van der Waals surface area contributed by atoms with Crippen LogP contribution in [-0.2, 0) is 4.74 Å². The number of para-hydroxylation sites is 1. The van der Waals surface area contributed by atoms with E-state index in [1.165, 1.54) is 13.2 Å². The van der Waals surface area contributed by atoms with Gasteiger partial charge in [-0.25, -0.2) is 4.79 Å². The fourth-order valence-electron chi connectivity index (χ4n) is 3.27. The second-order valence-electron chi connectivity index (χ2n) is 6.13. The maximum absolute atomic E-state index is 12.9. The molecule has 0 unspecified atom stereocenters. The van der Waals surface area contributed by atoms with Crippen molar-refractivity contribution in [3.05, 3.63) is 93.8 Å². The first-order chi connectivity index (χ1) is 13.1. The number of H-pyrrole nitrogens is 1. The third kappa shape index (κ3) is 2.79. The van der Waals surface area contributed by atoms with Crippen LogP contribution < -0.4 is 5.56 Å². The molecule has 0 aliphatic carbocycles. The molecule has 0 amide bonds. The Labute approximate surface area is 154 Å². The molecule has 4 rings (SSSR count). The number of hydrogen-bond acceptors (Lipinski definition) is 4. The van der Waals surface area contributed by atoms with Crippen molar-refractivity contribution in [2.45, 2.75) is 0 Å². The molecule has 1 N–H and O–H groups in total. The molecule has 0 bridgehead atoms. The Kier molecular flexibility index (Phi) is 4.05. The Hall–Kier alpha value is -3.73. The summed E-state index contributed by atoms with van der Waals surface area (Å²) in [5.41, 5.74) is 1.13. The standard InChI is InChI=1S/C22H15NO4/c1-27-22(26)17-12-14(20(24)13-7-3-2-4-8-13)11-16-15-9-5-6-10-18(15)23-21(25)19(16)17/h2-12H,1H3,(H,23,25). The average Bonchev–Trinajstić information content (AvgIpc) is 2.72. The van der Waals surface area contributed by atoms with Crippen LogP contribution in [0.5, 0.6) is 0 Å². The van der Waals surface area contributed by atoms with Gasteiger partial charge in [0.25, 0.3) is 5.56 Å². The van der Waals surface area contributed by atoms with E-state index in [-0.39, 0.29) is 16.7 Å². The molecule has 0 aliphatic heterocycles. The van der Waals surface area contributed by atoms with Crippen molar-refractivity contribution in [1.29, 1.82) is 0 Å². The maximum Gasteiger partial charge on any atom is 0.338 e. The van der Waals surface area contributed by atoms with Crippen LogP contribution in [0.4, 0.5) is 0 Å². The van der Waals surface area contributed by atoms with E-state index < -0.39 is 11.5 Å². The number of aromatic nitrogens is 1. The van der Waals surface area contributed by atoms with Gasteiger partial charge in [0.2, 0.25) is 0 Å².